The van der Waals surface area contributed by atoms with E-state index in [1.807, 2.05) is 0 Å². The molecule has 0 aromatic heterocycles. The van der Waals surface area contributed by atoms with Gasteiger partial charge in [-0.2, -0.15) is 0 Å². The topological polar surface area (TPSA) is 115 Å². The van der Waals surface area contributed by atoms with Crippen molar-refractivity contribution in [3.05, 3.63) is 58.1 Å². The molecule has 0 atom stereocenters. The van der Waals surface area contributed by atoms with Gasteiger partial charge >= 0.3 is 0 Å². The number of hydrogen-bond donors (Lipinski definition) is 2. The third-order valence-corrected chi connectivity index (χ3v) is 4.37. The summed E-state index contributed by atoms with van der Waals surface area (Å²) in [6.45, 7) is 1.50. The lowest BCUT2D eigenvalue weighted by Gasteiger charge is -2.11. The number of benzene rings is 2. The van der Waals surface area contributed by atoms with E-state index in [0.29, 0.717) is 11.3 Å². The Hall–Kier alpha value is -2.61. The fourth-order valence-electron chi connectivity index (χ4n) is 1.94. The molecule has 0 fully saturated rings. The molecule has 7 nitrogen and oxygen atoms in total. The summed E-state index contributed by atoms with van der Waals surface area (Å²) in [5, 5.41) is 11.0. The van der Waals surface area contributed by atoms with E-state index in [0.717, 1.165) is 6.07 Å². The summed E-state index contributed by atoms with van der Waals surface area (Å²) in [5.74, 6) is 0. The Bertz CT molecular complexity index is 803. The van der Waals surface area contributed by atoms with E-state index in [9.17, 15) is 18.5 Å². The predicted octanol–water partition coefficient (Wildman–Crippen LogP) is 2.29. The number of nitrogens with two attached hydrogens (primary N) is 1. The van der Waals surface area contributed by atoms with Gasteiger partial charge in [-0.3, -0.25) is 14.8 Å². The average molecular weight is 307 g/mol. The van der Waals surface area contributed by atoms with Crippen LogP contribution < -0.4 is 10.5 Å². The van der Waals surface area contributed by atoms with Crippen LogP contribution in [-0.4, -0.2) is 13.3 Å². The molecule has 0 spiro atoms. The average Bonchev–Trinajstić information content (AvgIpc) is 2.37. The highest BCUT2D eigenvalue weighted by molar-refractivity contribution is 7.93. The maximum absolute atomic E-state index is 12.4. The van der Waals surface area contributed by atoms with Crippen LogP contribution in [0.4, 0.5) is 17.1 Å². The largest absolute Gasteiger partial charge is 0.399 e. The van der Waals surface area contributed by atoms with Crippen molar-refractivity contribution in [2.45, 2.75) is 11.8 Å². The van der Waals surface area contributed by atoms with Crippen molar-refractivity contribution in [2.75, 3.05) is 10.5 Å². The quantitative estimate of drug-likeness (QED) is 0.511. The molecule has 0 bridgehead atoms. The number of rotatable bonds is 4. The molecule has 0 aliphatic rings. The zero-order chi connectivity index (χ0) is 15.6. The second-order valence-corrected chi connectivity index (χ2v) is 6.03. The molecule has 0 aliphatic heterocycles. The van der Waals surface area contributed by atoms with Gasteiger partial charge in [-0.05, 0) is 30.7 Å². The maximum Gasteiger partial charge on any atom is 0.290 e. The van der Waals surface area contributed by atoms with Crippen molar-refractivity contribution < 1.29 is 13.3 Å². The molecule has 0 amide bonds. The fourth-order valence-corrected chi connectivity index (χ4v) is 3.39. The number of nitrogens with one attached hydrogen (secondary N) is 1. The van der Waals surface area contributed by atoms with Crippen molar-refractivity contribution in [1.82, 2.24) is 0 Å². The van der Waals surface area contributed by atoms with Crippen LogP contribution >= 0.6 is 0 Å². The molecule has 2 aromatic rings. The summed E-state index contributed by atoms with van der Waals surface area (Å²) in [6.07, 6.45) is 0. The lowest BCUT2D eigenvalue weighted by Crippen LogP contribution is -2.16. The standard InChI is InChI=1S/C13H13N3O4S/c1-9-4-2-7-12(16(17)18)13(9)21(19,20)15-11-6-3-5-10(14)8-11/h2-8,15H,14H2,1H3. The summed E-state index contributed by atoms with van der Waals surface area (Å²) < 4.78 is 27.1. The van der Waals surface area contributed by atoms with Gasteiger partial charge < -0.3 is 5.73 Å². The van der Waals surface area contributed by atoms with E-state index in [2.05, 4.69) is 4.72 Å². The van der Waals surface area contributed by atoms with Crippen molar-refractivity contribution in [3.8, 4) is 0 Å². The molecule has 0 unspecified atom stereocenters. The van der Waals surface area contributed by atoms with Gasteiger partial charge in [0.05, 0.1) is 10.6 Å². The van der Waals surface area contributed by atoms with Crippen LogP contribution in [-0.2, 0) is 10.0 Å². The van der Waals surface area contributed by atoms with Crippen molar-refractivity contribution in [1.29, 1.82) is 0 Å². The van der Waals surface area contributed by atoms with Gasteiger partial charge in [0.1, 0.15) is 0 Å². The highest BCUT2D eigenvalue weighted by Gasteiger charge is 2.27. The van der Waals surface area contributed by atoms with E-state index in [1.54, 1.807) is 12.1 Å². The molecule has 3 N–H and O–H groups in total. The van der Waals surface area contributed by atoms with Gasteiger partial charge in [0.2, 0.25) is 0 Å². The van der Waals surface area contributed by atoms with Crippen molar-refractivity contribution >= 4 is 27.1 Å². The minimum atomic E-state index is -4.08. The Balaban J connectivity index is 2.52. The van der Waals surface area contributed by atoms with Crippen LogP contribution in [0.3, 0.4) is 0 Å². The van der Waals surface area contributed by atoms with Crippen LogP contribution in [0.1, 0.15) is 5.56 Å². The van der Waals surface area contributed by atoms with E-state index >= 15 is 0 Å². The second-order valence-electron chi connectivity index (χ2n) is 4.41. The minimum absolute atomic E-state index is 0.243. The smallest absolute Gasteiger partial charge is 0.290 e. The van der Waals surface area contributed by atoms with Crippen LogP contribution in [0.5, 0.6) is 0 Å². The molecule has 2 rings (SSSR count). The summed E-state index contributed by atoms with van der Waals surface area (Å²) >= 11 is 0. The Labute approximate surface area is 121 Å². The monoisotopic (exact) mass is 307 g/mol. The summed E-state index contributed by atoms with van der Waals surface area (Å²) in [7, 11) is -4.08. The summed E-state index contributed by atoms with van der Waals surface area (Å²) in [4.78, 5) is 9.95. The first-order valence-electron chi connectivity index (χ1n) is 5.93. The number of nitro benzene ring substituents is 1. The third-order valence-electron chi connectivity index (χ3n) is 2.80. The first-order chi connectivity index (χ1) is 9.81. The van der Waals surface area contributed by atoms with E-state index in [-0.39, 0.29) is 10.6 Å². The van der Waals surface area contributed by atoms with Crippen LogP contribution in [0.15, 0.2) is 47.4 Å². The minimum Gasteiger partial charge on any atom is -0.399 e. The lowest BCUT2D eigenvalue weighted by atomic mass is 10.2. The summed E-state index contributed by atoms with van der Waals surface area (Å²) in [6, 6.07) is 10.2. The van der Waals surface area contributed by atoms with Gasteiger partial charge in [0, 0.05) is 11.8 Å². The Kier molecular flexibility index (Phi) is 3.81. The van der Waals surface area contributed by atoms with Gasteiger partial charge in [0.15, 0.2) is 4.90 Å². The molecular weight excluding hydrogens is 294 g/mol. The number of sulfonamides is 1. The number of nitro groups is 1. The molecule has 0 radical (unpaired) electrons. The van der Waals surface area contributed by atoms with Gasteiger partial charge in [-0.15, -0.1) is 0 Å². The zero-order valence-corrected chi connectivity index (χ0v) is 11.9. The SMILES string of the molecule is Cc1cccc([N+](=O)[O-])c1S(=O)(=O)Nc1cccc(N)c1. The molecular formula is C13H13N3O4S. The zero-order valence-electron chi connectivity index (χ0n) is 11.1. The molecule has 110 valence electrons. The highest BCUT2D eigenvalue weighted by Crippen LogP contribution is 2.28. The maximum atomic E-state index is 12.4. The fraction of sp³-hybridized carbons (Fsp3) is 0.0769. The van der Waals surface area contributed by atoms with Gasteiger partial charge in [-0.25, -0.2) is 8.42 Å². The number of nitrogens with zero attached hydrogens (tertiary/aromatic N) is 1. The van der Waals surface area contributed by atoms with E-state index in [1.165, 1.54) is 31.2 Å². The van der Waals surface area contributed by atoms with Crippen LogP contribution in [0, 0.1) is 17.0 Å². The normalized spacial score (nSPS) is 11.1. The number of anilines is 2. The number of aryl methyl sites for hydroxylation is 1. The molecule has 0 heterocycles. The first kappa shape index (κ1) is 14.8. The van der Waals surface area contributed by atoms with Gasteiger partial charge in [-0.1, -0.05) is 18.2 Å². The summed E-state index contributed by atoms with van der Waals surface area (Å²) in [5.41, 5.74) is 6.03. The van der Waals surface area contributed by atoms with Crippen molar-refractivity contribution in [3.63, 3.8) is 0 Å². The van der Waals surface area contributed by atoms with E-state index < -0.39 is 20.6 Å². The second kappa shape index (κ2) is 5.41. The predicted molar refractivity (Wildman–Crippen MR) is 79.5 cm³/mol. The number of nitrogen functional groups attached to an aromatic ring is 1. The number of hydrogen-bond acceptors (Lipinski definition) is 5. The Morgan fingerprint density at radius 3 is 2.48 bits per heavy atom. The lowest BCUT2D eigenvalue weighted by molar-refractivity contribution is -0.387. The molecule has 0 saturated heterocycles. The molecule has 21 heavy (non-hydrogen) atoms. The first-order valence-corrected chi connectivity index (χ1v) is 7.42. The highest BCUT2D eigenvalue weighted by atomic mass is 32.2. The molecule has 0 aliphatic carbocycles. The van der Waals surface area contributed by atoms with Crippen LogP contribution in [0.2, 0.25) is 0 Å². The van der Waals surface area contributed by atoms with Gasteiger partial charge in [0.25, 0.3) is 15.7 Å². The Morgan fingerprint density at radius 1 is 1.19 bits per heavy atom. The molecule has 8 heteroatoms. The van der Waals surface area contributed by atoms with Crippen LogP contribution in [0.25, 0.3) is 0 Å². The molecule has 2 aromatic carbocycles. The Morgan fingerprint density at radius 2 is 1.86 bits per heavy atom. The third kappa shape index (κ3) is 3.11. The van der Waals surface area contributed by atoms with E-state index in [4.69, 9.17) is 5.73 Å². The van der Waals surface area contributed by atoms with Crippen molar-refractivity contribution in [2.24, 2.45) is 0 Å². The molecule has 0 saturated carbocycles.